The van der Waals surface area contributed by atoms with Crippen molar-refractivity contribution in [3.05, 3.63) is 24.5 Å². The van der Waals surface area contributed by atoms with Crippen LogP contribution in [0.25, 0.3) is 5.65 Å². The molecule has 0 aromatic carbocycles. The third kappa shape index (κ3) is 1.67. The zero-order valence-corrected chi connectivity index (χ0v) is 8.63. The van der Waals surface area contributed by atoms with Crippen LogP contribution in [0.15, 0.2) is 24.5 Å². The van der Waals surface area contributed by atoms with Crippen molar-refractivity contribution in [3.63, 3.8) is 0 Å². The Morgan fingerprint density at radius 1 is 1.47 bits per heavy atom. The second kappa shape index (κ2) is 3.22. The van der Waals surface area contributed by atoms with Crippen LogP contribution >= 0.6 is 0 Å². The van der Waals surface area contributed by atoms with Crippen LogP contribution in [0.3, 0.4) is 0 Å². The van der Waals surface area contributed by atoms with E-state index in [0.29, 0.717) is 5.88 Å². The lowest BCUT2D eigenvalue weighted by Gasteiger charge is -2.12. The highest BCUT2D eigenvalue weighted by molar-refractivity contribution is 5.37. The Labute approximate surface area is 87.9 Å². The van der Waals surface area contributed by atoms with E-state index in [1.54, 1.807) is 10.7 Å². The van der Waals surface area contributed by atoms with Gasteiger partial charge >= 0.3 is 0 Å². The number of fused-ring (bicyclic) bond motifs is 1. The average molecular weight is 203 g/mol. The number of rotatable bonds is 3. The molecule has 4 heteroatoms. The molecule has 1 fully saturated rings. The van der Waals surface area contributed by atoms with Gasteiger partial charge in [-0.3, -0.25) is 0 Å². The summed E-state index contributed by atoms with van der Waals surface area (Å²) in [5.41, 5.74) is 0.849. The molecule has 1 unspecified atom stereocenters. The van der Waals surface area contributed by atoms with Crippen molar-refractivity contribution in [2.24, 2.45) is 5.92 Å². The van der Waals surface area contributed by atoms with Crippen LogP contribution in [0, 0.1) is 5.92 Å². The van der Waals surface area contributed by atoms with Crippen molar-refractivity contribution < 1.29 is 4.74 Å². The smallest absolute Gasteiger partial charge is 0.232 e. The first-order valence-corrected chi connectivity index (χ1v) is 5.30. The number of hydrogen-bond donors (Lipinski definition) is 0. The molecule has 1 aliphatic carbocycles. The molecule has 2 heterocycles. The average Bonchev–Trinajstić information content (AvgIpc) is 2.98. The van der Waals surface area contributed by atoms with E-state index in [9.17, 15) is 0 Å². The second-order valence-electron chi connectivity index (χ2n) is 4.06. The van der Waals surface area contributed by atoms with Gasteiger partial charge in [-0.25, -0.2) is 9.50 Å². The molecule has 15 heavy (non-hydrogen) atoms. The van der Waals surface area contributed by atoms with Crippen LogP contribution in [0.2, 0.25) is 0 Å². The maximum atomic E-state index is 5.76. The van der Waals surface area contributed by atoms with E-state index in [1.807, 2.05) is 18.3 Å². The van der Waals surface area contributed by atoms with Crippen LogP contribution in [-0.4, -0.2) is 20.7 Å². The molecule has 0 spiro atoms. The summed E-state index contributed by atoms with van der Waals surface area (Å²) in [5.74, 6) is 1.41. The summed E-state index contributed by atoms with van der Waals surface area (Å²) in [5, 5.41) is 4.32. The summed E-state index contributed by atoms with van der Waals surface area (Å²) in [7, 11) is 0. The molecule has 0 amide bonds. The zero-order valence-electron chi connectivity index (χ0n) is 8.63. The Morgan fingerprint density at radius 3 is 3.13 bits per heavy atom. The van der Waals surface area contributed by atoms with Crippen molar-refractivity contribution in [3.8, 4) is 5.88 Å². The van der Waals surface area contributed by atoms with Gasteiger partial charge in [0.2, 0.25) is 5.88 Å². The van der Waals surface area contributed by atoms with Gasteiger partial charge in [0.1, 0.15) is 6.10 Å². The highest BCUT2D eigenvalue weighted by Crippen LogP contribution is 2.34. The third-order valence-electron chi connectivity index (χ3n) is 2.82. The molecule has 4 nitrogen and oxygen atoms in total. The molecule has 0 radical (unpaired) electrons. The molecular formula is C11H13N3O. The van der Waals surface area contributed by atoms with Gasteiger partial charge in [-0.2, -0.15) is 0 Å². The van der Waals surface area contributed by atoms with Gasteiger partial charge in [0.25, 0.3) is 0 Å². The SMILES string of the molecule is CC(Oc1ccc2nccn2n1)C1CC1. The summed E-state index contributed by atoms with van der Waals surface area (Å²) < 4.78 is 7.49. The second-order valence-corrected chi connectivity index (χ2v) is 4.06. The molecule has 2 aromatic heterocycles. The molecule has 3 rings (SSSR count). The maximum Gasteiger partial charge on any atom is 0.232 e. The normalized spacial score (nSPS) is 17.9. The lowest BCUT2D eigenvalue weighted by Crippen LogP contribution is -2.15. The van der Waals surface area contributed by atoms with Crippen molar-refractivity contribution in [2.75, 3.05) is 0 Å². The van der Waals surface area contributed by atoms with Crippen molar-refractivity contribution in [2.45, 2.75) is 25.9 Å². The molecule has 1 aliphatic rings. The molecule has 1 atom stereocenters. The van der Waals surface area contributed by atoms with Gasteiger partial charge in [0, 0.05) is 18.5 Å². The van der Waals surface area contributed by atoms with Gasteiger partial charge in [-0.15, -0.1) is 5.10 Å². The maximum absolute atomic E-state index is 5.76. The van der Waals surface area contributed by atoms with Gasteiger partial charge in [0.05, 0.1) is 0 Å². The molecule has 0 N–H and O–H groups in total. The topological polar surface area (TPSA) is 39.4 Å². The van der Waals surface area contributed by atoms with Crippen LogP contribution in [-0.2, 0) is 0 Å². The van der Waals surface area contributed by atoms with Gasteiger partial charge in [-0.1, -0.05) is 0 Å². The molecular weight excluding hydrogens is 190 g/mol. The quantitative estimate of drug-likeness (QED) is 0.764. The Balaban J connectivity index is 1.83. The van der Waals surface area contributed by atoms with Crippen molar-refractivity contribution in [1.82, 2.24) is 14.6 Å². The fraction of sp³-hybridized carbons (Fsp3) is 0.455. The van der Waals surface area contributed by atoms with Crippen LogP contribution in [0.5, 0.6) is 5.88 Å². The standard InChI is InChI=1S/C11H13N3O/c1-8(9-2-3-9)15-11-5-4-10-12-6-7-14(10)13-11/h4-9H,2-3H2,1H3. The monoisotopic (exact) mass is 203 g/mol. The summed E-state index contributed by atoms with van der Waals surface area (Å²) in [6, 6.07) is 3.79. The van der Waals surface area contributed by atoms with E-state index in [-0.39, 0.29) is 6.10 Å². The lowest BCUT2D eigenvalue weighted by molar-refractivity contribution is 0.187. The Hall–Kier alpha value is -1.58. The van der Waals surface area contributed by atoms with Gasteiger partial charge in [0.15, 0.2) is 5.65 Å². The predicted molar refractivity (Wildman–Crippen MR) is 55.8 cm³/mol. The minimum absolute atomic E-state index is 0.276. The van der Waals surface area contributed by atoms with E-state index < -0.39 is 0 Å². The van der Waals surface area contributed by atoms with Gasteiger partial charge in [-0.05, 0) is 31.7 Å². The summed E-state index contributed by atoms with van der Waals surface area (Å²) in [6.07, 6.45) is 6.40. The fourth-order valence-electron chi connectivity index (χ4n) is 1.71. The first-order valence-electron chi connectivity index (χ1n) is 5.30. The van der Waals surface area contributed by atoms with E-state index in [0.717, 1.165) is 11.6 Å². The van der Waals surface area contributed by atoms with Crippen LogP contribution in [0.4, 0.5) is 0 Å². The number of nitrogens with zero attached hydrogens (tertiary/aromatic N) is 3. The van der Waals surface area contributed by atoms with E-state index in [2.05, 4.69) is 17.0 Å². The number of hydrogen-bond acceptors (Lipinski definition) is 3. The van der Waals surface area contributed by atoms with E-state index in [4.69, 9.17) is 4.74 Å². The largest absolute Gasteiger partial charge is 0.473 e. The van der Waals surface area contributed by atoms with Gasteiger partial charge < -0.3 is 4.74 Å². The number of aromatic nitrogens is 3. The van der Waals surface area contributed by atoms with Crippen molar-refractivity contribution in [1.29, 1.82) is 0 Å². The van der Waals surface area contributed by atoms with Crippen LogP contribution < -0.4 is 4.74 Å². The highest BCUT2D eigenvalue weighted by Gasteiger charge is 2.29. The molecule has 0 aliphatic heterocycles. The third-order valence-corrected chi connectivity index (χ3v) is 2.82. The minimum Gasteiger partial charge on any atom is -0.473 e. The summed E-state index contributed by atoms with van der Waals surface area (Å²) in [4.78, 5) is 4.13. The Bertz CT molecular complexity index is 475. The molecule has 2 aromatic rings. The predicted octanol–water partition coefficient (Wildman–Crippen LogP) is 1.91. The summed E-state index contributed by atoms with van der Waals surface area (Å²) >= 11 is 0. The fourth-order valence-corrected chi connectivity index (χ4v) is 1.71. The Morgan fingerprint density at radius 2 is 2.33 bits per heavy atom. The number of ether oxygens (including phenoxy) is 1. The first kappa shape index (κ1) is 8.71. The lowest BCUT2D eigenvalue weighted by atomic mass is 10.3. The zero-order chi connectivity index (χ0) is 10.3. The molecule has 0 saturated heterocycles. The highest BCUT2D eigenvalue weighted by atomic mass is 16.5. The first-order chi connectivity index (χ1) is 7.33. The molecule has 78 valence electrons. The Kier molecular flexibility index (Phi) is 1.87. The van der Waals surface area contributed by atoms with Crippen LogP contribution in [0.1, 0.15) is 19.8 Å². The van der Waals surface area contributed by atoms with Crippen molar-refractivity contribution >= 4 is 5.65 Å². The molecule has 1 saturated carbocycles. The number of imidazole rings is 1. The minimum atomic E-state index is 0.276. The van der Waals surface area contributed by atoms with E-state index >= 15 is 0 Å². The van der Waals surface area contributed by atoms with E-state index in [1.165, 1.54) is 12.8 Å². The summed E-state index contributed by atoms with van der Waals surface area (Å²) in [6.45, 7) is 2.11. The molecule has 0 bridgehead atoms.